The molecule has 6 rings (SSSR count). The summed E-state index contributed by atoms with van der Waals surface area (Å²) in [6, 6.07) is 3.76. The van der Waals surface area contributed by atoms with Crippen molar-refractivity contribution < 1.29 is 14.6 Å². The third kappa shape index (κ3) is 4.43. The van der Waals surface area contributed by atoms with Gasteiger partial charge in [0.1, 0.15) is 5.82 Å². The summed E-state index contributed by atoms with van der Waals surface area (Å²) in [6.07, 6.45) is 6.68. The Balaban J connectivity index is 1.43. The van der Waals surface area contributed by atoms with Gasteiger partial charge in [0.05, 0.1) is 12.2 Å². The fraction of sp³-hybridized carbons (Fsp3) is 0.667. The van der Waals surface area contributed by atoms with Crippen molar-refractivity contribution in [3.63, 3.8) is 0 Å². The second-order valence-corrected chi connectivity index (χ2v) is 10.3. The van der Waals surface area contributed by atoms with Crippen LogP contribution in [-0.4, -0.2) is 56.5 Å². The molecular weight excluding hydrogens is 420 g/mol. The van der Waals surface area contributed by atoms with E-state index in [1.54, 1.807) is 6.07 Å². The van der Waals surface area contributed by atoms with Crippen molar-refractivity contribution in [2.24, 2.45) is 17.8 Å². The first-order valence-electron chi connectivity index (χ1n) is 12.1. The predicted molar refractivity (Wildman–Crippen MR) is 125 cm³/mol. The zero-order chi connectivity index (χ0) is 23.2. The van der Waals surface area contributed by atoms with Crippen LogP contribution in [0.1, 0.15) is 68.1 Å². The summed E-state index contributed by atoms with van der Waals surface area (Å²) >= 11 is 0. The van der Waals surface area contributed by atoms with E-state index in [2.05, 4.69) is 32.3 Å². The summed E-state index contributed by atoms with van der Waals surface area (Å²) in [7, 11) is 2.01. The van der Waals surface area contributed by atoms with Crippen LogP contribution in [0.25, 0.3) is 0 Å². The Kier molecular flexibility index (Phi) is 5.76. The lowest BCUT2D eigenvalue weighted by molar-refractivity contribution is -0.133. The van der Waals surface area contributed by atoms with Crippen molar-refractivity contribution >= 4 is 23.6 Å². The zero-order valence-corrected chi connectivity index (χ0v) is 19.7. The molecule has 2 aromatic heterocycles. The molecule has 3 N–H and O–H groups in total. The van der Waals surface area contributed by atoms with Crippen LogP contribution in [0, 0.1) is 24.7 Å². The van der Waals surface area contributed by atoms with Crippen LogP contribution in [0.3, 0.4) is 0 Å². The number of carbonyl (C=O) groups is 1. The van der Waals surface area contributed by atoms with E-state index in [0.717, 1.165) is 50.6 Å². The maximum atomic E-state index is 12.8. The quantitative estimate of drug-likeness (QED) is 0.409. The molecular formula is C24H34N6O3. The number of H-pyrrole nitrogens is 1. The number of nitrogens with one attached hydrogen (secondary N) is 2. The smallest absolute Gasteiger partial charge is 0.357 e. The predicted octanol–water partition coefficient (Wildman–Crippen LogP) is 3.58. The third-order valence-corrected chi connectivity index (χ3v) is 7.57. The first-order chi connectivity index (χ1) is 15.8. The molecule has 9 heteroatoms. The highest BCUT2D eigenvalue weighted by molar-refractivity contribution is 5.88. The fourth-order valence-electron chi connectivity index (χ4n) is 6.48. The summed E-state index contributed by atoms with van der Waals surface area (Å²) in [4.78, 5) is 24.2. The second kappa shape index (κ2) is 8.59. The molecule has 2 unspecified atom stereocenters. The van der Waals surface area contributed by atoms with Gasteiger partial charge in [0, 0.05) is 30.9 Å². The normalized spacial score (nSPS) is 29.8. The largest absolute Gasteiger partial charge is 0.461 e. The van der Waals surface area contributed by atoms with E-state index in [-0.39, 0.29) is 11.7 Å². The molecule has 2 heterocycles. The Labute approximate surface area is 194 Å². The number of aryl methyl sites for hydroxylation is 1. The molecule has 2 aromatic rings. The van der Waals surface area contributed by atoms with E-state index in [1.807, 2.05) is 20.0 Å². The highest BCUT2D eigenvalue weighted by Crippen LogP contribution is 2.57. The molecule has 2 atom stereocenters. The number of aromatic nitrogens is 4. The van der Waals surface area contributed by atoms with Gasteiger partial charge in [-0.2, -0.15) is 10.1 Å². The molecule has 0 amide bonds. The molecule has 33 heavy (non-hydrogen) atoms. The van der Waals surface area contributed by atoms with E-state index >= 15 is 0 Å². The molecule has 9 nitrogen and oxygen atoms in total. The van der Waals surface area contributed by atoms with E-state index in [4.69, 9.17) is 9.72 Å². The molecule has 4 aliphatic carbocycles. The molecule has 4 fully saturated rings. The number of ether oxygens (including phenoxy) is 1. The van der Waals surface area contributed by atoms with E-state index in [9.17, 15) is 9.90 Å². The van der Waals surface area contributed by atoms with Crippen LogP contribution in [0.2, 0.25) is 0 Å². The van der Waals surface area contributed by atoms with Gasteiger partial charge in [0.25, 0.3) is 0 Å². The molecule has 4 aliphatic rings. The van der Waals surface area contributed by atoms with Crippen LogP contribution in [0.5, 0.6) is 0 Å². The minimum atomic E-state index is -0.496. The Morgan fingerprint density at radius 2 is 2.00 bits per heavy atom. The Morgan fingerprint density at radius 3 is 2.64 bits per heavy atom. The molecule has 178 valence electrons. The zero-order valence-electron chi connectivity index (χ0n) is 19.7. The van der Waals surface area contributed by atoms with Crippen molar-refractivity contribution in [1.82, 2.24) is 20.2 Å². The summed E-state index contributed by atoms with van der Waals surface area (Å²) in [6.45, 7) is 4.35. The number of aliphatic hydroxyl groups is 1. The first kappa shape index (κ1) is 22.1. The molecule has 0 saturated heterocycles. The van der Waals surface area contributed by atoms with Crippen molar-refractivity contribution in [2.45, 2.75) is 70.4 Å². The highest BCUT2D eigenvalue weighted by Gasteiger charge is 2.56. The number of anilines is 3. The summed E-state index contributed by atoms with van der Waals surface area (Å²) in [5, 5.41) is 21.3. The Hall–Kier alpha value is -2.68. The lowest BCUT2D eigenvalue weighted by Crippen LogP contribution is -2.61. The number of carbonyl (C=O) groups excluding carboxylic acids is 1. The number of hydrogen-bond acceptors (Lipinski definition) is 8. The van der Waals surface area contributed by atoms with Crippen LogP contribution in [0.15, 0.2) is 12.1 Å². The van der Waals surface area contributed by atoms with Crippen LogP contribution >= 0.6 is 0 Å². The number of aromatic amines is 1. The van der Waals surface area contributed by atoms with Crippen molar-refractivity contribution in [1.29, 1.82) is 0 Å². The molecule has 4 saturated carbocycles. The van der Waals surface area contributed by atoms with Gasteiger partial charge in [-0.3, -0.25) is 5.10 Å². The van der Waals surface area contributed by atoms with Gasteiger partial charge in [0.2, 0.25) is 5.95 Å². The van der Waals surface area contributed by atoms with Crippen LogP contribution in [0.4, 0.5) is 17.6 Å². The average Bonchev–Trinajstić information content (AvgIpc) is 3.16. The molecule has 0 spiro atoms. The van der Waals surface area contributed by atoms with E-state index in [1.165, 1.54) is 0 Å². The Bertz CT molecular complexity index is 1010. The standard InChI is InChI=1S/C24H34N6O3/c1-4-5-6-33-22(31)18-10-19(26-20-7-14(2)28-29-20)27-23(25-18)30(3)21-16-8-15-9-17(21)13-24(32,11-15)12-16/h7,10,15-17,21,32H,4-6,8-9,11-13H2,1-3H3,(H2,25,26,27,28,29). The molecule has 0 radical (unpaired) electrons. The molecule has 4 bridgehead atoms. The molecule has 0 aromatic carbocycles. The second-order valence-electron chi connectivity index (χ2n) is 10.3. The number of hydrogen-bond donors (Lipinski definition) is 3. The minimum absolute atomic E-state index is 0.236. The third-order valence-electron chi connectivity index (χ3n) is 7.57. The van der Waals surface area contributed by atoms with Gasteiger partial charge >= 0.3 is 5.97 Å². The number of rotatable bonds is 8. The van der Waals surface area contributed by atoms with Crippen molar-refractivity contribution in [2.75, 3.05) is 23.9 Å². The summed E-state index contributed by atoms with van der Waals surface area (Å²) in [5.74, 6) is 2.64. The number of esters is 1. The minimum Gasteiger partial charge on any atom is -0.461 e. The number of nitrogens with zero attached hydrogens (tertiary/aromatic N) is 4. The first-order valence-corrected chi connectivity index (χ1v) is 12.1. The lowest BCUT2D eigenvalue weighted by Gasteiger charge is -2.59. The maximum Gasteiger partial charge on any atom is 0.357 e. The van der Waals surface area contributed by atoms with Crippen LogP contribution in [-0.2, 0) is 4.74 Å². The molecule has 0 aliphatic heterocycles. The Morgan fingerprint density at radius 1 is 1.24 bits per heavy atom. The fourth-order valence-corrected chi connectivity index (χ4v) is 6.48. The monoisotopic (exact) mass is 454 g/mol. The van der Waals surface area contributed by atoms with Crippen molar-refractivity contribution in [3.05, 3.63) is 23.5 Å². The lowest BCUT2D eigenvalue weighted by atomic mass is 9.52. The summed E-state index contributed by atoms with van der Waals surface area (Å²) in [5.41, 5.74) is 0.666. The SMILES string of the molecule is CCCCOC(=O)c1cc(Nc2cc(C)[nH]n2)nc(N(C)C2C3CC4CC2CC(O)(C4)C3)n1. The average molecular weight is 455 g/mol. The van der Waals surface area contributed by atoms with Gasteiger partial charge < -0.3 is 20.1 Å². The van der Waals surface area contributed by atoms with Gasteiger partial charge in [-0.25, -0.2) is 9.78 Å². The van der Waals surface area contributed by atoms with Crippen LogP contribution < -0.4 is 10.2 Å². The van der Waals surface area contributed by atoms with Gasteiger partial charge in [-0.05, 0) is 63.2 Å². The van der Waals surface area contributed by atoms with Gasteiger partial charge in [0.15, 0.2) is 11.5 Å². The summed E-state index contributed by atoms with van der Waals surface area (Å²) < 4.78 is 5.44. The highest BCUT2D eigenvalue weighted by atomic mass is 16.5. The van der Waals surface area contributed by atoms with E-state index in [0.29, 0.717) is 41.9 Å². The topological polar surface area (TPSA) is 116 Å². The maximum absolute atomic E-state index is 12.8. The van der Waals surface area contributed by atoms with Crippen molar-refractivity contribution in [3.8, 4) is 0 Å². The number of unbranched alkanes of at least 4 members (excludes halogenated alkanes) is 1. The van der Waals surface area contributed by atoms with Gasteiger partial charge in [-0.1, -0.05) is 13.3 Å². The van der Waals surface area contributed by atoms with E-state index < -0.39 is 11.6 Å². The van der Waals surface area contributed by atoms with Gasteiger partial charge in [-0.15, -0.1) is 0 Å².